The highest BCUT2D eigenvalue weighted by Crippen LogP contribution is 2.13. The quantitative estimate of drug-likeness (QED) is 0.740. The van der Waals surface area contributed by atoms with Gasteiger partial charge in [0.05, 0.1) is 6.04 Å². The SMILES string of the molecule is CCCNC1CCN(C(C)C(=O)NC(C)CC)CC1. The van der Waals surface area contributed by atoms with E-state index >= 15 is 0 Å². The van der Waals surface area contributed by atoms with Crippen molar-refractivity contribution in [3.63, 3.8) is 0 Å². The van der Waals surface area contributed by atoms with Gasteiger partial charge in [-0.25, -0.2) is 0 Å². The smallest absolute Gasteiger partial charge is 0.237 e. The van der Waals surface area contributed by atoms with Crippen LogP contribution >= 0.6 is 0 Å². The summed E-state index contributed by atoms with van der Waals surface area (Å²) >= 11 is 0. The molecule has 0 aromatic heterocycles. The fraction of sp³-hybridized carbons (Fsp3) is 0.933. The number of nitrogens with one attached hydrogen (secondary N) is 2. The molecule has 1 amide bonds. The summed E-state index contributed by atoms with van der Waals surface area (Å²) in [5, 5.41) is 6.65. The number of rotatable bonds is 7. The molecule has 0 bridgehead atoms. The van der Waals surface area contributed by atoms with Gasteiger partial charge >= 0.3 is 0 Å². The minimum absolute atomic E-state index is 0.00104. The molecule has 1 aliphatic rings. The summed E-state index contributed by atoms with van der Waals surface area (Å²) in [6, 6.07) is 0.917. The zero-order valence-electron chi connectivity index (χ0n) is 13.0. The molecule has 4 nitrogen and oxygen atoms in total. The van der Waals surface area contributed by atoms with Gasteiger partial charge in [-0.15, -0.1) is 0 Å². The average Bonchev–Trinajstić information content (AvgIpc) is 2.44. The minimum Gasteiger partial charge on any atom is -0.352 e. The number of piperidine rings is 1. The van der Waals surface area contributed by atoms with Gasteiger partial charge in [0, 0.05) is 25.2 Å². The van der Waals surface area contributed by atoms with Gasteiger partial charge in [-0.1, -0.05) is 13.8 Å². The third-order valence-electron chi connectivity index (χ3n) is 4.14. The van der Waals surface area contributed by atoms with Crippen LogP contribution in [0, 0.1) is 0 Å². The maximum atomic E-state index is 12.1. The van der Waals surface area contributed by atoms with Crippen molar-refractivity contribution in [2.45, 2.75) is 71.5 Å². The minimum atomic E-state index is 0.00104. The van der Waals surface area contributed by atoms with Crippen molar-refractivity contribution in [1.29, 1.82) is 0 Å². The topological polar surface area (TPSA) is 44.4 Å². The number of carbonyl (C=O) groups excluding carboxylic acids is 1. The van der Waals surface area contributed by atoms with Crippen LogP contribution in [0.1, 0.15) is 53.4 Å². The zero-order valence-corrected chi connectivity index (χ0v) is 13.0. The Morgan fingerprint density at radius 2 is 1.89 bits per heavy atom. The summed E-state index contributed by atoms with van der Waals surface area (Å²) in [7, 11) is 0. The Hall–Kier alpha value is -0.610. The molecule has 2 N–H and O–H groups in total. The van der Waals surface area contributed by atoms with Crippen molar-refractivity contribution in [2.75, 3.05) is 19.6 Å². The predicted molar refractivity (Wildman–Crippen MR) is 80.2 cm³/mol. The average molecular weight is 269 g/mol. The molecule has 4 heteroatoms. The number of hydrogen-bond acceptors (Lipinski definition) is 3. The summed E-state index contributed by atoms with van der Waals surface area (Å²) in [5.41, 5.74) is 0. The first-order chi connectivity index (χ1) is 9.08. The van der Waals surface area contributed by atoms with Crippen LogP contribution < -0.4 is 10.6 Å². The highest BCUT2D eigenvalue weighted by Gasteiger charge is 2.26. The number of hydrogen-bond donors (Lipinski definition) is 2. The molecule has 1 heterocycles. The maximum Gasteiger partial charge on any atom is 0.237 e. The van der Waals surface area contributed by atoms with Gasteiger partial charge in [0.2, 0.25) is 5.91 Å². The molecule has 2 atom stereocenters. The van der Waals surface area contributed by atoms with Crippen LogP contribution in [-0.4, -0.2) is 48.6 Å². The highest BCUT2D eigenvalue weighted by molar-refractivity contribution is 5.81. The van der Waals surface area contributed by atoms with Crippen LogP contribution in [0.4, 0.5) is 0 Å². The monoisotopic (exact) mass is 269 g/mol. The first kappa shape index (κ1) is 16.4. The van der Waals surface area contributed by atoms with E-state index in [1.807, 2.05) is 6.92 Å². The van der Waals surface area contributed by atoms with Crippen LogP contribution in [0.15, 0.2) is 0 Å². The summed E-state index contributed by atoms with van der Waals surface area (Å²) in [6.45, 7) is 11.5. The van der Waals surface area contributed by atoms with E-state index in [4.69, 9.17) is 0 Å². The molecule has 1 saturated heterocycles. The molecule has 112 valence electrons. The Bertz CT molecular complexity index is 262. The number of likely N-dealkylation sites (tertiary alicyclic amines) is 1. The van der Waals surface area contributed by atoms with E-state index in [0.29, 0.717) is 6.04 Å². The first-order valence-corrected chi connectivity index (χ1v) is 7.86. The van der Waals surface area contributed by atoms with Crippen LogP contribution in [0.2, 0.25) is 0 Å². The lowest BCUT2D eigenvalue weighted by atomic mass is 10.0. The molecule has 0 aromatic carbocycles. The normalized spacial score (nSPS) is 21.1. The predicted octanol–water partition coefficient (Wildman–Crippen LogP) is 1.75. The van der Waals surface area contributed by atoms with Crippen molar-refractivity contribution < 1.29 is 4.79 Å². The number of nitrogens with zero attached hydrogens (tertiary/aromatic N) is 1. The fourth-order valence-corrected chi connectivity index (χ4v) is 2.47. The Labute approximate surface area is 118 Å². The summed E-state index contributed by atoms with van der Waals surface area (Å²) in [5.74, 6) is 0.175. The van der Waals surface area contributed by atoms with Gasteiger partial charge in [0.1, 0.15) is 0 Å². The van der Waals surface area contributed by atoms with Crippen LogP contribution in [-0.2, 0) is 4.79 Å². The second-order valence-electron chi connectivity index (χ2n) is 5.76. The van der Waals surface area contributed by atoms with Crippen LogP contribution in [0.5, 0.6) is 0 Å². The van der Waals surface area contributed by atoms with Crippen molar-refractivity contribution in [2.24, 2.45) is 0 Å². The highest BCUT2D eigenvalue weighted by atomic mass is 16.2. The van der Waals surface area contributed by atoms with E-state index in [1.165, 1.54) is 6.42 Å². The van der Waals surface area contributed by atoms with Crippen molar-refractivity contribution in [3.05, 3.63) is 0 Å². The van der Waals surface area contributed by atoms with E-state index in [2.05, 4.69) is 36.3 Å². The molecular weight excluding hydrogens is 238 g/mol. The van der Waals surface area contributed by atoms with Crippen molar-refractivity contribution in [3.8, 4) is 0 Å². The second kappa shape index (κ2) is 8.54. The lowest BCUT2D eigenvalue weighted by Crippen LogP contribution is -2.52. The lowest BCUT2D eigenvalue weighted by molar-refractivity contribution is -0.127. The van der Waals surface area contributed by atoms with Crippen molar-refractivity contribution >= 4 is 5.91 Å². The van der Waals surface area contributed by atoms with E-state index < -0.39 is 0 Å². The third-order valence-corrected chi connectivity index (χ3v) is 4.14. The summed E-state index contributed by atoms with van der Waals surface area (Å²) in [4.78, 5) is 14.4. The molecule has 0 radical (unpaired) electrons. The van der Waals surface area contributed by atoms with Gasteiger partial charge in [0.15, 0.2) is 0 Å². The van der Waals surface area contributed by atoms with E-state index in [-0.39, 0.29) is 18.0 Å². The Morgan fingerprint density at radius 3 is 2.42 bits per heavy atom. The molecular formula is C15H31N3O. The molecule has 1 rings (SSSR count). The Morgan fingerprint density at radius 1 is 1.26 bits per heavy atom. The molecule has 2 unspecified atom stereocenters. The Kier molecular flexibility index (Phi) is 7.39. The van der Waals surface area contributed by atoms with Crippen LogP contribution in [0.25, 0.3) is 0 Å². The van der Waals surface area contributed by atoms with E-state index in [0.717, 1.165) is 38.9 Å². The fourth-order valence-electron chi connectivity index (χ4n) is 2.47. The maximum absolute atomic E-state index is 12.1. The molecule has 0 aliphatic carbocycles. The van der Waals surface area contributed by atoms with Gasteiger partial charge in [-0.05, 0) is 46.1 Å². The number of carbonyl (C=O) groups is 1. The van der Waals surface area contributed by atoms with Gasteiger partial charge in [-0.2, -0.15) is 0 Å². The molecule has 0 saturated carbocycles. The lowest BCUT2D eigenvalue weighted by Gasteiger charge is -2.36. The Balaban J connectivity index is 2.31. The molecule has 19 heavy (non-hydrogen) atoms. The van der Waals surface area contributed by atoms with E-state index in [9.17, 15) is 4.79 Å². The molecule has 1 fully saturated rings. The number of amides is 1. The molecule has 1 aliphatic heterocycles. The first-order valence-electron chi connectivity index (χ1n) is 7.86. The zero-order chi connectivity index (χ0) is 14.3. The molecule has 0 aromatic rings. The molecule has 0 spiro atoms. The summed E-state index contributed by atoms with van der Waals surface area (Å²) < 4.78 is 0. The second-order valence-corrected chi connectivity index (χ2v) is 5.76. The van der Waals surface area contributed by atoms with Gasteiger partial charge < -0.3 is 10.6 Å². The van der Waals surface area contributed by atoms with E-state index in [1.54, 1.807) is 0 Å². The van der Waals surface area contributed by atoms with Gasteiger partial charge in [0.25, 0.3) is 0 Å². The standard InChI is InChI=1S/C15H31N3O/c1-5-9-16-14-7-10-18(11-8-14)13(4)15(19)17-12(3)6-2/h12-14,16H,5-11H2,1-4H3,(H,17,19). The van der Waals surface area contributed by atoms with Crippen LogP contribution in [0.3, 0.4) is 0 Å². The van der Waals surface area contributed by atoms with Crippen molar-refractivity contribution in [1.82, 2.24) is 15.5 Å². The van der Waals surface area contributed by atoms with Gasteiger partial charge in [-0.3, -0.25) is 9.69 Å². The largest absolute Gasteiger partial charge is 0.352 e. The summed E-state index contributed by atoms with van der Waals surface area (Å²) in [6.07, 6.45) is 4.48. The third kappa shape index (κ3) is 5.49.